The second-order valence-corrected chi connectivity index (χ2v) is 3.77. The van der Waals surface area contributed by atoms with Gasteiger partial charge in [0, 0.05) is 28.9 Å². The van der Waals surface area contributed by atoms with E-state index in [2.05, 4.69) is 20.9 Å². The van der Waals surface area contributed by atoms with Crippen molar-refractivity contribution in [1.82, 2.24) is 0 Å². The predicted molar refractivity (Wildman–Crippen MR) is 56.9 cm³/mol. The number of nitrogens with zero attached hydrogens (tertiary/aromatic N) is 1. The van der Waals surface area contributed by atoms with Crippen LogP contribution in [0.5, 0.6) is 5.75 Å². The number of halogens is 1. The van der Waals surface area contributed by atoms with E-state index in [9.17, 15) is 5.11 Å². The van der Waals surface area contributed by atoms with Crippen molar-refractivity contribution in [3.8, 4) is 5.75 Å². The summed E-state index contributed by atoms with van der Waals surface area (Å²) in [5.41, 5.74) is 1.91. The van der Waals surface area contributed by atoms with E-state index in [1.807, 2.05) is 18.3 Å². The molecule has 2 rings (SSSR count). The SMILES string of the molecule is Oc1ccc(Br)cc1C1=CN=CC1. The summed E-state index contributed by atoms with van der Waals surface area (Å²) < 4.78 is 0.966. The fourth-order valence-electron chi connectivity index (χ4n) is 1.29. The number of hydrogen-bond donors (Lipinski definition) is 1. The minimum atomic E-state index is 0.306. The molecule has 1 aliphatic heterocycles. The first-order valence-electron chi connectivity index (χ1n) is 3.97. The van der Waals surface area contributed by atoms with Crippen molar-refractivity contribution in [2.24, 2.45) is 4.99 Å². The van der Waals surface area contributed by atoms with Gasteiger partial charge in [0.2, 0.25) is 0 Å². The first-order valence-corrected chi connectivity index (χ1v) is 4.76. The van der Waals surface area contributed by atoms with Crippen LogP contribution in [0.15, 0.2) is 33.9 Å². The van der Waals surface area contributed by atoms with Gasteiger partial charge in [-0.2, -0.15) is 0 Å². The molecule has 1 N–H and O–H groups in total. The van der Waals surface area contributed by atoms with Crippen molar-refractivity contribution < 1.29 is 5.11 Å². The molecule has 0 saturated carbocycles. The summed E-state index contributed by atoms with van der Waals surface area (Å²) in [6, 6.07) is 5.39. The Morgan fingerprint density at radius 3 is 2.92 bits per heavy atom. The van der Waals surface area contributed by atoms with Crippen LogP contribution < -0.4 is 0 Å². The highest BCUT2D eigenvalue weighted by Crippen LogP contribution is 2.31. The fraction of sp³-hybridized carbons (Fsp3) is 0.100. The zero-order chi connectivity index (χ0) is 9.26. The minimum absolute atomic E-state index is 0.306. The molecule has 0 bridgehead atoms. The zero-order valence-corrected chi connectivity index (χ0v) is 8.45. The summed E-state index contributed by atoms with van der Waals surface area (Å²) in [5, 5.41) is 9.58. The fourth-order valence-corrected chi connectivity index (χ4v) is 1.65. The van der Waals surface area contributed by atoms with Gasteiger partial charge in [-0.05, 0) is 23.8 Å². The highest BCUT2D eigenvalue weighted by atomic mass is 79.9. The molecular formula is C10H8BrNO. The Morgan fingerprint density at radius 1 is 1.38 bits per heavy atom. The quantitative estimate of drug-likeness (QED) is 0.801. The minimum Gasteiger partial charge on any atom is -0.507 e. The molecule has 0 radical (unpaired) electrons. The van der Waals surface area contributed by atoms with E-state index in [-0.39, 0.29) is 0 Å². The van der Waals surface area contributed by atoms with Crippen LogP contribution in [0.25, 0.3) is 5.57 Å². The van der Waals surface area contributed by atoms with Crippen LogP contribution in [-0.4, -0.2) is 11.3 Å². The Kier molecular flexibility index (Phi) is 2.19. The molecule has 3 heteroatoms. The molecule has 0 fully saturated rings. The van der Waals surface area contributed by atoms with Crippen molar-refractivity contribution in [3.63, 3.8) is 0 Å². The first kappa shape index (κ1) is 8.51. The Labute approximate surface area is 84.8 Å². The lowest BCUT2D eigenvalue weighted by molar-refractivity contribution is 0.473. The van der Waals surface area contributed by atoms with Crippen LogP contribution in [0.4, 0.5) is 0 Å². The molecule has 1 aliphatic rings. The highest BCUT2D eigenvalue weighted by molar-refractivity contribution is 9.10. The molecule has 0 aromatic heterocycles. The standard InChI is InChI=1S/C10H8BrNO/c11-8-1-2-10(13)9(5-8)7-3-4-12-6-7/h1-2,4-6,13H,3H2. The number of rotatable bonds is 1. The van der Waals surface area contributed by atoms with E-state index in [4.69, 9.17) is 0 Å². The third-order valence-electron chi connectivity index (χ3n) is 1.95. The normalized spacial score (nSPS) is 14.7. The van der Waals surface area contributed by atoms with E-state index < -0.39 is 0 Å². The molecule has 0 atom stereocenters. The summed E-state index contributed by atoms with van der Waals surface area (Å²) in [7, 11) is 0. The molecule has 0 unspecified atom stereocenters. The molecule has 13 heavy (non-hydrogen) atoms. The van der Waals surface area contributed by atoms with E-state index in [1.165, 1.54) is 0 Å². The predicted octanol–water partition coefficient (Wildman–Crippen LogP) is 2.97. The summed E-state index contributed by atoms with van der Waals surface area (Å²) in [6.45, 7) is 0. The molecule has 1 aromatic rings. The van der Waals surface area contributed by atoms with Gasteiger partial charge in [0.1, 0.15) is 5.75 Å². The van der Waals surface area contributed by atoms with Crippen molar-refractivity contribution in [1.29, 1.82) is 0 Å². The maximum atomic E-state index is 9.58. The number of phenols is 1. The summed E-state index contributed by atoms with van der Waals surface area (Å²) in [6.07, 6.45) is 4.40. The van der Waals surface area contributed by atoms with Gasteiger partial charge in [-0.3, -0.25) is 4.99 Å². The van der Waals surface area contributed by atoms with E-state index in [0.29, 0.717) is 5.75 Å². The van der Waals surface area contributed by atoms with Crippen LogP contribution in [-0.2, 0) is 0 Å². The third kappa shape index (κ3) is 1.65. The Hall–Kier alpha value is -1.09. The van der Waals surface area contributed by atoms with Crippen LogP contribution >= 0.6 is 15.9 Å². The van der Waals surface area contributed by atoms with E-state index in [0.717, 1.165) is 22.0 Å². The first-order chi connectivity index (χ1) is 6.27. The van der Waals surface area contributed by atoms with Gasteiger partial charge in [-0.25, -0.2) is 0 Å². The van der Waals surface area contributed by atoms with E-state index in [1.54, 1.807) is 12.3 Å². The maximum absolute atomic E-state index is 9.58. The molecule has 66 valence electrons. The van der Waals surface area contributed by atoms with Gasteiger partial charge >= 0.3 is 0 Å². The molecule has 0 aliphatic carbocycles. The third-order valence-corrected chi connectivity index (χ3v) is 2.44. The number of hydrogen-bond acceptors (Lipinski definition) is 2. The van der Waals surface area contributed by atoms with Crippen LogP contribution in [0.1, 0.15) is 12.0 Å². The smallest absolute Gasteiger partial charge is 0.123 e. The maximum Gasteiger partial charge on any atom is 0.123 e. The second kappa shape index (κ2) is 3.34. The monoisotopic (exact) mass is 237 g/mol. The molecule has 1 aromatic carbocycles. The number of allylic oxidation sites excluding steroid dienone is 1. The highest BCUT2D eigenvalue weighted by Gasteiger charge is 2.09. The van der Waals surface area contributed by atoms with Crippen molar-refractivity contribution in [3.05, 3.63) is 34.4 Å². The largest absolute Gasteiger partial charge is 0.507 e. The molecular weight excluding hydrogens is 230 g/mol. The van der Waals surface area contributed by atoms with Gasteiger partial charge in [0.05, 0.1) is 0 Å². The van der Waals surface area contributed by atoms with Crippen LogP contribution in [0.2, 0.25) is 0 Å². The van der Waals surface area contributed by atoms with Crippen molar-refractivity contribution in [2.45, 2.75) is 6.42 Å². The average molecular weight is 238 g/mol. The van der Waals surface area contributed by atoms with Crippen molar-refractivity contribution in [2.75, 3.05) is 0 Å². The van der Waals surface area contributed by atoms with Crippen LogP contribution in [0.3, 0.4) is 0 Å². The Balaban J connectivity index is 2.45. The van der Waals surface area contributed by atoms with Crippen LogP contribution in [0, 0.1) is 0 Å². The number of aliphatic imine (C=N–C) groups is 1. The van der Waals surface area contributed by atoms with Gasteiger partial charge in [0.25, 0.3) is 0 Å². The van der Waals surface area contributed by atoms with Crippen molar-refractivity contribution >= 4 is 27.7 Å². The lowest BCUT2D eigenvalue weighted by Gasteiger charge is -2.04. The number of aromatic hydroxyl groups is 1. The van der Waals surface area contributed by atoms with E-state index >= 15 is 0 Å². The second-order valence-electron chi connectivity index (χ2n) is 2.85. The molecule has 0 saturated heterocycles. The Morgan fingerprint density at radius 2 is 2.23 bits per heavy atom. The molecule has 2 nitrogen and oxygen atoms in total. The van der Waals surface area contributed by atoms with Gasteiger partial charge in [-0.1, -0.05) is 15.9 Å². The van der Waals surface area contributed by atoms with Gasteiger partial charge in [0.15, 0.2) is 0 Å². The summed E-state index contributed by atoms with van der Waals surface area (Å²) >= 11 is 3.36. The molecule has 0 spiro atoms. The number of phenolic OH excluding ortho intramolecular Hbond substituents is 1. The van der Waals surface area contributed by atoms with Gasteiger partial charge < -0.3 is 5.11 Å². The lowest BCUT2D eigenvalue weighted by Crippen LogP contribution is -1.83. The number of benzene rings is 1. The Bertz CT molecular complexity index is 396. The molecule has 1 heterocycles. The summed E-state index contributed by atoms with van der Waals surface area (Å²) in [4.78, 5) is 4.00. The molecule has 0 amide bonds. The van der Waals surface area contributed by atoms with Gasteiger partial charge in [-0.15, -0.1) is 0 Å². The summed E-state index contributed by atoms with van der Waals surface area (Å²) in [5.74, 6) is 0.306. The lowest BCUT2D eigenvalue weighted by atomic mass is 10.0. The topological polar surface area (TPSA) is 32.6 Å². The zero-order valence-electron chi connectivity index (χ0n) is 6.87. The average Bonchev–Trinajstić information content (AvgIpc) is 2.61.